The summed E-state index contributed by atoms with van der Waals surface area (Å²) in [7, 11) is 1.74. The number of benzene rings is 1. The quantitative estimate of drug-likeness (QED) is 0.906. The Balaban J connectivity index is 1.87. The third kappa shape index (κ3) is 3.13. The third-order valence-electron chi connectivity index (χ3n) is 4.17. The summed E-state index contributed by atoms with van der Waals surface area (Å²) in [6, 6.07) is 6.17. The maximum absolute atomic E-state index is 12.8. The zero-order chi connectivity index (χ0) is 17.3. The van der Waals surface area contributed by atoms with Gasteiger partial charge in [0, 0.05) is 32.0 Å². The number of aromatic nitrogens is 2. The minimum Gasteiger partial charge on any atom is -0.480 e. The number of halogens is 1. The average Bonchev–Trinajstić information content (AvgIpc) is 3.09. The van der Waals surface area contributed by atoms with Crippen molar-refractivity contribution in [3.05, 3.63) is 47.2 Å². The highest BCUT2D eigenvalue weighted by atomic mass is 35.5. The van der Waals surface area contributed by atoms with Crippen LogP contribution in [-0.4, -0.2) is 69.3 Å². The molecule has 1 atom stereocenters. The summed E-state index contributed by atoms with van der Waals surface area (Å²) >= 11 is 6.20. The highest BCUT2D eigenvalue weighted by Gasteiger charge is 2.33. The first-order valence-electron chi connectivity index (χ1n) is 7.49. The minimum absolute atomic E-state index is 0.132. The molecule has 1 unspecified atom stereocenters. The van der Waals surface area contributed by atoms with Gasteiger partial charge in [0.25, 0.3) is 5.91 Å². The second-order valence-corrected chi connectivity index (χ2v) is 6.11. The first kappa shape index (κ1) is 16.5. The molecule has 1 fully saturated rings. The van der Waals surface area contributed by atoms with Gasteiger partial charge in [0.15, 0.2) is 0 Å². The maximum atomic E-state index is 12.8. The molecule has 1 aliphatic heterocycles. The standard InChI is InChI=1S/C16H17ClN4O3/c1-19-7-8-20(10-14(19)16(23)24)15(22)12-9-11(3-4-13(12)17)21-6-2-5-18-21/h2-6,9,14H,7-8,10H2,1H3,(H,23,24). The van der Waals surface area contributed by atoms with Gasteiger partial charge < -0.3 is 10.0 Å². The Morgan fingerprint density at radius 2 is 2.12 bits per heavy atom. The minimum atomic E-state index is -0.939. The van der Waals surface area contributed by atoms with Gasteiger partial charge in [-0.15, -0.1) is 0 Å². The number of carboxylic acid groups (broad SMARTS) is 1. The van der Waals surface area contributed by atoms with Crippen LogP contribution in [-0.2, 0) is 4.79 Å². The molecule has 126 valence electrons. The van der Waals surface area contributed by atoms with E-state index < -0.39 is 12.0 Å². The average molecular weight is 349 g/mol. The Kier molecular flexibility index (Phi) is 4.55. The number of likely N-dealkylation sites (N-methyl/N-ethyl adjacent to an activating group) is 1. The highest BCUT2D eigenvalue weighted by molar-refractivity contribution is 6.33. The molecule has 0 bridgehead atoms. The van der Waals surface area contributed by atoms with E-state index in [1.165, 1.54) is 4.90 Å². The SMILES string of the molecule is CN1CCN(C(=O)c2cc(-n3cccn3)ccc2Cl)CC1C(=O)O. The van der Waals surface area contributed by atoms with E-state index in [0.717, 1.165) is 5.69 Å². The van der Waals surface area contributed by atoms with Crippen molar-refractivity contribution in [3.63, 3.8) is 0 Å². The molecule has 3 rings (SSSR count). The Bertz CT molecular complexity index is 763. The largest absolute Gasteiger partial charge is 0.480 e. The molecule has 2 aromatic rings. The summed E-state index contributed by atoms with van der Waals surface area (Å²) in [6.07, 6.45) is 3.42. The monoisotopic (exact) mass is 348 g/mol. The number of hydrogen-bond acceptors (Lipinski definition) is 4. The van der Waals surface area contributed by atoms with Gasteiger partial charge in [-0.1, -0.05) is 11.6 Å². The lowest BCUT2D eigenvalue weighted by atomic mass is 10.1. The molecule has 0 aliphatic carbocycles. The lowest BCUT2D eigenvalue weighted by molar-refractivity contribution is -0.144. The van der Waals surface area contributed by atoms with Crippen LogP contribution in [0.1, 0.15) is 10.4 Å². The zero-order valence-corrected chi connectivity index (χ0v) is 13.8. The van der Waals surface area contributed by atoms with Gasteiger partial charge in [0.05, 0.1) is 16.3 Å². The van der Waals surface area contributed by atoms with Crippen molar-refractivity contribution in [2.75, 3.05) is 26.7 Å². The second kappa shape index (κ2) is 6.62. The fraction of sp³-hybridized carbons (Fsp3) is 0.312. The van der Waals surface area contributed by atoms with Crippen LogP contribution < -0.4 is 0 Å². The summed E-state index contributed by atoms with van der Waals surface area (Å²) in [6.45, 7) is 1.09. The molecule has 0 saturated carbocycles. The van der Waals surface area contributed by atoms with Crippen molar-refractivity contribution in [2.45, 2.75) is 6.04 Å². The van der Waals surface area contributed by atoms with Crippen LogP contribution in [0, 0.1) is 0 Å². The fourth-order valence-electron chi connectivity index (χ4n) is 2.74. The predicted octanol–water partition coefficient (Wildman–Crippen LogP) is 1.37. The molecule has 1 N–H and O–H groups in total. The molecule has 24 heavy (non-hydrogen) atoms. The van der Waals surface area contributed by atoms with E-state index in [1.54, 1.807) is 53.3 Å². The summed E-state index contributed by atoms with van der Waals surface area (Å²) in [5, 5.41) is 13.8. The number of rotatable bonds is 3. The van der Waals surface area contributed by atoms with Crippen LogP contribution in [0.3, 0.4) is 0 Å². The summed E-state index contributed by atoms with van der Waals surface area (Å²) in [5.41, 5.74) is 1.06. The molecule has 0 radical (unpaired) electrons. The van der Waals surface area contributed by atoms with Crippen molar-refractivity contribution in [1.82, 2.24) is 19.6 Å². The highest BCUT2D eigenvalue weighted by Crippen LogP contribution is 2.22. The van der Waals surface area contributed by atoms with E-state index in [1.807, 2.05) is 0 Å². The van der Waals surface area contributed by atoms with E-state index in [9.17, 15) is 14.7 Å². The van der Waals surface area contributed by atoms with Crippen molar-refractivity contribution in [3.8, 4) is 5.69 Å². The molecule has 0 spiro atoms. The molecule has 7 nitrogen and oxygen atoms in total. The van der Waals surface area contributed by atoms with E-state index in [-0.39, 0.29) is 12.5 Å². The fourth-order valence-corrected chi connectivity index (χ4v) is 2.93. The summed E-state index contributed by atoms with van der Waals surface area (Å²) < 4.78 is 1.64. The Morgan fingerprint density at radius 1 is 1.33 bits per heavy atom. The zero-order valence-electron chi connectivity index (χ0n) is 13.1. The molecule has 1 aliphatic rings. The van der Waals surface area contributed by atoms with Gasteiger partial charge in [-0.05, 0) is 31.3 Å². The maximum Gasteiger partial charge on any atom is 0.322 e. The normalized spacial score (nSPS) is 18.6. The molecule has 1 aromatic heterocycles. The van der Waals surface area contributed by atoms with Gasteiger partial charge in [-0.3, -0.25) is 14.5 Å². The second-order valence-electron chi connectivity index (χ2n) is 5.70. The lowest BCUT2D eigenvalue weighted by Crippen LogP contribution is -2.56. The number of carbonyl (C=O) groups is 2. The Morgan fingerprint density at radius 3 is 2.79 bits per heavy atom. The van der Waals surface area contributed by atoms with E-state index in [4.69, 9.17) is 11.6 Å². The molecule has 1 amide bonds. The molecule has 8 heteroatoms. The van der Waals surface area contributed by atoms with Crippen molar-refractivity contribution in [2.24, 2.45) is 0 Å². The van der Waals surface area contributed by atoms with E-state index in [2.05, 4.69) is 5.10 Å². The third-order valence-corrected chi connectivity index (χ3v) is 4.50. The topological polar surface area (TPSA) is 78.7 Å². The Hall–Kier alpha value is -2.38. The van der Waals surface area contributed by atoms with Crippen LogP contribution in [0.4, 0.5) is 0 Å². The van der Waals surface area contributed by atoms with Gasteiger partial charge in [-0.25, -0.2) is 4.68 Å². The summed E-state index contributed by atoms with van der Waals surface area (Å²) in [4.78, 5) is 27.4. The molecule has 1 saturated heterocycles. The number of piperazine rings is 1. The summed E-state index contributed by atoms with van der Waals surface area (Å²) in [5.74, 6) is -1.21. The number of amides is 1. The first-order valence-corrected chi connectivity index (χ1v) is 7.87. The molecular formula is C16H17ClN4O3. The number of hydrogen-bond donors (Lipinski definition) is 1. The van der Waals surface area contributed by atoms with Crippen LogP contribution in [0.5, 0.6) is 0 Å². The van der Waals surface area contributed by atoms with Crippen molar-refractivity contribution in [1.29, 1.82) is 0 Å². The van der Waals surface area contributed by atoms with Gasteiger partial charge in [0.1, 0.15) is 6.04 Å². The van der Waals surface area contributed by atoms with Gasteiger partial charge in [0.2, 0.25) is 0 Å². The van der Waals surface area contributed by atoms with Crippen LogP contribution >= 0.6 is 11.6 Å². The number of carbonyl (C=O) groups excluding carboxylic acids is 1. The number of nitrogens with zero attached hydrogens (tertiary/aromatic N) is 4. The van der Waals surface area contributed by atoms with Crippen LogP contribution in [0.15, 0.2) is 36.7 Å². The van der Waals surface area contributed by atoms with Crippen molar-refractivity contribution >= 4 is 23.5 Å². The molecule has 1 aromatic carbocycles. The predicted molar refractivity (Wildman–Crippen MR) is 88.5 cm³/mol. The van der Waals surface area contributed by atoms with E-state index >= 15 is 0 Å². The number of aliphatic carboxylic acids is 1. The van der Waals surface area contributed by atoms with Crippen LogP contribution in [0.25, 0.3) is 5.69 Å². The van der Waals surface area contributed by atoms with Gasteiger partial charge in [-0.2, -0.15) is 5.10 Å². The van der Waals surface area contributed by atoms with Gasteiger partial charge >= 0.3 is 5.97 Å². The van der Waals surface area contributed by atoms with E-state index in [0.29, 0.717) is 23.7 Å². The molecule has 2 heterocycles. The smallest absolute Gasteiger partial charge is 0.322 e. The lowest BCUT2D eigenvalue weighted by Gasteiger charge is -2.37. The van der Waals surface area contributed by atoms with Crippen LogP contribution in [0.2, 0.25) is 5.02 Å². The molecular weight excluding hydrogens is 332 g/mol. The number of carboxylic acids is 1. The van der Waals surface area contributed by atoms with Crippen molar-refractivity contribution < 1.29 is 14.7 Å². The Labute approximate surface area is 144 Å². The first-order chi connectivity index (χ1) is 11.5.